The minimum absolute atomic E-state index is 0.0209. The zero-order valence-electron chi connectivity index (χ0n) is 15.7. The molecule has 1 fully saturated rings. The standard InChI is InChI=1S/C20H24N6O/c1-21-13-26-7-6-17(12-26)25(3)20(27)19-9-15-8-14(4-5-18(15)23-19)16-10-22-24(2)11-16/h4-5,8-11,17,23H,1,6-7,12-13H2,2-3H3/t17-/m1/s1. The average molecular weight is 364 g/mol. The van der Waals surface area contributed by atoms with Gasteiger partial charge in [-0.3, -0.25) is 19.4 Å². The van der Waals surface area contributed by atoms with Crippen molar-refractivity contribution in [2.24, 2.45) is 12.0 Å². The van der Waals surface area contributed by atoms with Crippen LogP contribution in [0, 0.1) is 0 Å². The van der Waals surface area contributed by atoms with Crippen LogP contribution in [0.4, 0.5) is 0 Å². The van der Waals surface area contributed by atoms with Crippen LogP contribution in [-0.4, -0.2) is 70.0 Å². The summed E-state index contributed by atoms with van der Waals surface area (Å²) in [6.45, 7) is 5.96. The lowest BCUT2D eigenvalue weighted by Crippen LogP contribution is -2.39. The van der Waals surface area contributed by atoms with Crippen molar-refractivity contribution in [2.45, 2.75) is 12.5 Å². The van der Waals surface area contributed by atoms with Crippen molar-refractivity contribution in [3.63, 3.8) is 0 Å². The lowest BCUT2D eigenvalue weighted by Gasteiger charge is -2.24. The molecule has 140 valence electrons. The fourth-order valence-electron chi connectivity index (χ4n) is 3.75. The van der Waals surface area contributed by atoms with E-state index in [4.69, 9.17) is 0 Å². The fourth-order valence-corrected chi connectivity index (χ4v) is 3.75. The highest BCUT2D eigenvalue weighted by atomic mass is 16.2. The van der Waals surface area contributed by atoms with Gasteiger partial charge in [0.15, 0.2) is 0 Å². The van der Waals surface area contributed by atoms with E-state index in [2.05, 4.69) is 32.8 Å². The molecule has 3 heterocycles. The van der Waals surface area contributed by atoms with Crippen LogP contribution in [0.2, 0.25) is 0 Å². The first-order valence-corrected chi connectivity index (χ1v) is 9.09. The maximum absolute atomic E-state index is 13.0. The number of benzene rings is 1. The number of likely N-dealkylation sites (tertiary alicyclic amines) is 1. The van der Waals surface area contributed by atoms with Gasteiger partial charge in [-0.05, 0) is 36.9 Å². The van der Waals surface area contributed by atoms with Crippen LogP contribution in [0.3, 0.4) is 0 Å². The minimum atomic E-state index is 0.0209. The number of nitrogens with zero attached hydrogens (tertiary/aromatic N) is 5. The maximum atomic E-state index is 13.0. The Bertz CT molecular complexity index is 987. The number of fused-ring (bicyclic) bond motifs is 1. The molecular weight excluding hydrogens is 340 g/mol. The first kappa shape index (κ1) is 17.5. The van der Waals surface area contributed by atoms with Gasteiger partial charge >= 0.3 is 0 Å². The number of amides is 1. The molecular formula is C20H24N6O. The zero-order chi connectivity index (χ0) is 19.0. The Morgan fingerprint density at radius 2 is 2.26 bits per heavy atom. The summed E-state index contributed by atoms with van der Waals surface area (Å²) < 4.78 is 1.79. The molecule has 4 rings (SSSR count). The number of H-pyrrole nitrogens is 1. The van der Waals surface area contributed by atoms with E-state index in [1.165, 1.54) is 0 Å². The summed E-state index contributed by atoms with van der Waals surface area (Å²) in [6.07, 6.45) is 4.79. The van der Waals surface area contributed by atoms with Crippen LogP contribution in [0.25, 0.3) is 22.0 Å². The summed E-state index contributed by atoms with van der Waals surface area (Å²) in [5.41, 5.74) is 3.73. The van der Waals surface area contributed by atoms with Gasteiger partial charge in [0.1, 0.15) is 5.69 Å². The van der Waals surface area contributed by atoms with Crippen LogP contribution >= 0.6 is 0 Å². The molecule has 3 aromatic rings. The van der Waals surface area contributed by atoms with Gasteiger partial charge in [-0.15, -0.1) is 0 Å². The molecule has 0 unspecified atom stereocenters. The van der Waals surface area contributed by atoms with E-state index in [0.717, 1.165) is 41.5 Å². The van der Waals surface area contributed by atoms with E-state index >= 15 is 0 Å². The summed E-state index contributed by atoms with van der Waals surface area (Å²) in [5, 5.41) is 5.25. The monoisotopic (exact) mass is 364 g/mol. The lowest BCUT2D eigenvalue weighted by molar-refractivity contribution is 0.0731. The first-order valence-electron chi connectivity index (χ1n) is 9.09. The van der Waals surface area contributed by atoms with E-state index in [1.807, 2.05) is 49.6 Å². The van der Waals surface area contributed by atoms with Gasteiger partial charge in [0.05, 0.1) is 12.9 Å². The third-order valence-electron chi connectivity index (χ3n) is 5.30. The predicted molar refractivity (Wildman–Crippen MR) is 107 cm³/mol. The molecule has 0 radical (unpaired) electrons. The molecule has 7 heteroatoms. The molecule has 27 heavy (non-hydrogen) atoms. The van der Waals surface area contributed by atoms with E-state index in [1.54, 1.807) is 4.68 Å². The molecule has 1 atom stereocenters. The number of nitrogens with one attached hydrogen (secondary N) is 1. The van der Waals surface area contributed by atoms with Gasteiger partial charge in [0.2, 0.25) is 0 Å². The number of aliphatic imine (C=N–C) groups is 1. The van der Waals surface area contributed by atoms with Gasteiger partial charge in [-0.25, -0.2) is 0 Å². The fraction of sp³-hybridized carbons (Fsp3) is 0.350. The third kappa shape index (κ3) is 3.38. The number of carbonyl (C=O) groups excluding carboxylic acids is 1. The van der Waals surface area contributed by atoms with Crippen molar-refractivity contribution in [3.05, 3.63) is 42.4 Å². The van der Waals surface area contributed by atoms with Crippen LogP contribution < -0.4 is 0 Å². The Balaban J connectivity index is 1.54. The largest absolute Gasteiger partial charge is 0.351 e. The SMILES string of the molecule is C=NCN1CC[C@@H](N(C)C(=O)c2cc3cc(-c4cnn(C)c4)ccc3[nH]2)C1. The number of rotatable bonds is 5. The van der Waals surface area contributed by atoms with Crippen LogP contribution in [0.5, 0.6) is 0 Å². The highest BCUT2D eigenvalue weighted by Gasteiger charge is 2.29. The Morgan fingerprint density at radius 1 is 1.41 bits per heavy atom. The van der Waals surface area contributed by atoms with E-state index in [0.29, 0.717) is 12.4 Å². The number of carbonyl (C=O) groups is 1. The van der Waals surface area contributed by atoms with Gasteiger partial charge < -0.3 is 9.88 Å². The van der Waals surface area contributed by atoms with Crippen LogP contribution in [0.1, 0.15) is 16.9 Å². The van der Waals surface area contributed by atoms with Crippen molar-refractivity contribution in [3.8, 4) is 11.1 Å². The summed E-state index contributed by atoms with van der Waals surface area (Å²) in [5.74, 6) is 0.0209. The molecule has 1 aliphatic heterocycles. The molecule has 1 aromatic carbocycles. The number of likely N-dealkylation sites (N-methyl/N-ethyl adjacent to an activating group) is 1. The summed E-state index contributed by atoms with van der Waals surface area (Å²) in [6, 6.07) is 8.29. The van der Waals surface area contributed by atoms with Gasteiger partial charge in [0.25, 0.3) is 5.91 Å². The van der Waals surface area contributed by atoms with Gasteiger partial charge in [0, 0.05) is 55.9 Å². The zero-order valence-corrected chi connectivity index (χ0v) is 15.7. The normalized spacial score (nSPS) is 17.5. The predicted octanol–water partition coefficient (Wildman–Crippen LogP) is 2.37. The number of hydrogen-bond acceptors (Lipinski definition) is 4. The van der Waals surface area contributed by atoms with Crippen molar-refractivity contribution in [1.29, 1.82) is 0 Å². The minimum Gasteiger partial charge on any atom is -0.351 e. The first-order chi connectivity index (χ1) is 13.0. The molecule has 0 spiro atoms. The molecule has 1 saturated heterocycles. The molecule has 0 bridgehead atoms. The second-order valence-corrected chi connectivity index (χ2v) is 7.19. The molecule has 0 saturated carbocycles. The Labute approximate surface area is 158 Å². The number of aromatic nitrogens is 3. The molecule has 0 aliphatic carbocycles. The topological polar surface area (TPSA) is 69.5 Å². The lowest BCUT2D eigenvalue weighted by atomic mass is 10.1. The average Bonchev–Trinajstić information content (AvgIpc) is 3.39. The Hall–Kier alpha value is -2.93. The maximum Gasteiger partial charge on any atom is 0.270 e. The second kappa shape index (κ2) is 7.00. The van der Waals surface area contributed by atoms with E-state index in [9.17, 15) is 4.79 Å². The van der Waals surface area contributed by atoms with Crippen LogP contribution in [0.15, 0.2) is 41.7 Å². The number of hydrogen-bond donors (Lipinski definition) is 1. The second-order valence-electron chi connectivity index (χ2n) is 7.19. The van der Waals surface area contributed by atoms with Gasteiger partial charge in [-0.2, -0.15) is 5.10 Å². The molecule has 1 aliphatic rings. The van der Waals surface area contributed by atoms with Gasteiger partial charge in [-0.1, -0.05) is 6.07 Å². The molecule has 1 N–H and O–H groups in total. The highest BCUT2D eigenvalue weighted by Crippen LogP contribution is 2.25. The highest BCUT2D eigenvalue weighted by molar-refractivity contribution is 5.99. The molecule has 1 amide bonds. The summed E-state index contributed by atoms with van der Waals surface area (Å²) in [7, 11) is 3.78. The van der Waals surface area contributed by atoms with Crippen LogP contribution in [-0.2, 0) is 7.05 Å². The third-order valence-corrected chi connectivity index (χ3v) is 5.30. The van der Waals surface area contributed by atoms with Crippen molar-refractivity contribution >= 4 is 23.5 Å². The smallest absolute Gasteiger partial charge is 0.270 e. The van der Waals surface area contributed by atoms with E-state index in [-0.39, 0.29) is 11.9 Å². The Morgan fingerprint density at radius 3 is 3.00 bits per heavy atom. The molecule has 7 nitrogen and oxygen atoms in total. The van der Waals surface area contributed by atoms with Crippen molar-refractivity contribution in [2.75, 3.05) is 26.8 Å². The number of aromatic amines is 1. The van der Waals surface area contributed by atoms with Crippen molar-refractivity contribution < 1.29 is 4.79 Å². The number of aryl methyl sites for hydroxylation is 1. The molecule has 2 aromatic heterocycles. The summed E-state index contributed by atoms with van der Waals surface area (Å²) >= 11 is 0. The Kier molecular flexibility index (Phi) is 4.53. The van der Waals surface area contributed by atoms with Crippen molar-refractivity contribution in [1.82, 2.24) is 24.6 Å². The van der Waals surface area contributed by atoms with E-state index < -0.39 is 0 Å². The quantitative estimate of drug-likeness (QED) is 0.707. The summed E-state index contributed by atoms with van der Waals surface area (Å²) in [4.78, 5) is 24.2.